The Morgan fingerprint density at radius 1 is 1.10 bits per heavy atom. The predicted molar refractivity (Wildman–Crippen MR) is 126 cm³/mol. The first-order chi connectivity index (χ1) is 14.4. The molecular weight excluding hydrogens is 482 g/mol. The summed E-state index contributed by atoms with van der Waals surface area (Å²) in [6.45, 7) is 5.11. The maximum absolute atomic E-state index is 13.3. The monoisotopic (exact) mass is 509 g/mol. The Kier molecular flexibility index (Phi) is 8.25. The third-order valence-corrected chi connectivity index (χ3v) is 6.64. The standard InChI is InChI=1S/C22H28BrN3O4S/c1-15-6-11-20(16(2)12-15)26(31(5,29)30)14-21(27)25(17(3)22(28)24-4)13-18-7-9-19(23)10-8-18/h6-12,17H,13-14H2,1-5H3,(H,24,28)/t17-/m0/s1. The number of sulfonamides is 1. The lowest BCUT2D eigenvalue weighted by Gasteiger charge is -2.31. The Labute approximate surface area is 192 Å². The molecule has 0 fully saturated rings. The van der Waals surface area contributed by atoms with Gasteiger partial charge in [0.15, 0.2) is 0 Å². The van der Waals surface area contributed by atoms with Crippen molar-refractivity contribution in [3.8, 4) is 0 Å². The van der Waals surface area contributed by atoms with Crippen molar-refractivity contribution in [2.24, 2.45) is 0 Å². The normalized spacial score (nSPS) is 12.2. The van der Waals surface area contributed by atoms with Crippen molar-refractivity contribution in [1.29, 1.82) is 0 Å². The summed E-state index contributed by atoms with van der Waals surface area (Å²) in [4.78, 5) is 27.0. The van der Waals surface area contributed by atoms with Crippen LogP contribution in [0.3, 0.4) is 0 Å². The topological polar surface area (TPSA) is 86.8 Å². The summed E-state index contributed by atoms with van der Waals surface area (Å²) >= 11 is 3.38. The molecule has 31 heavy (non-hydrogen) atoms. The number of rotatable bonds is 8. The van der Waals surface area contributed by atoms with Gasteiger partial charge in [-0.2, -0.15) is 0 Å². The number of hydrogen-bond donors (Lipinski definition) is 1. The lowest BCUT2D eigenvalue weighted by Crippen LogP contribution is -2.50. The summed E-state index contributed by atoms with van der Waals surface area (Å²) in [5, 5.41) is 2.55. The zero-order valence-electron chi connectivity index (χ0n) is 18.3. The average molecular weight is 510 g/mol. The van der Waals surface area contributed by atoms with Crippen LogP contribution in [0.4, 0.5) is 5.69 Å². The van der Waals surface area contributed by atoms with Crippen molar-refractivity contribution >= 4 is 43.5 Å². The number of likely N-dealkylation sites (N-methyl/N-ethyl adjacent to an activating group) is 1. The highest BCUT2D eigenvalue weighted by Crippen LogP contribution is 2.24. The highest BCUT2D eigenvalue weighted by atomic mass is 79.9. The van der Waals surface area contributed by atoms with Crippen LogP contribution in [-0.2, 0) is 26.2 Å². The SMILES string of the molecule is CNC(=O)[C@H](C)N(Cc1ccc(Br)cc1)C(=O)CN(c1ccc(C)cc1C)S(C)(=O)=O. The molecule has 7 nitrogen and oxygen atoms in total. The summed E-state index contributed by atoms with van der Waals surface area (Å²) in [7, 11) is -2.23. The van der Waals surface area contributed by atoms with Gasteiger partial charge in [-0.25, -0.2) is 8.42 Å². The van der Waals surface area contributed by atoms with Crippen molar-refractivity contribution in [2.45, 2.75) is 33.4 Å². The van der Waals surface area contributed by atoms with Crippen LogP contribution in [0.25, 0.3) is 0 Å². The van der Waals surface area contributed by atoms with Gasteiger partial charge in [0.1, 0.15) is 12.6 Å². The summed E-state index contributed by atoms with van der Waals surface area (Å²) in [5.74, 6) is -0.799. The number of hydrogen-bond acceptors (Lipinski definition) is 4. The van der Waals surface area contributed by atoms with Gasteiger partial charge in [-0.15, -0.1) is 0 Å². The lowest BCUT2D eigenvalue weighted by atomic mass is 10.1. The molecule has 0 heterocycles. The second kappa shape index (κ2) is 10.3. The van der Waals surface area contributed by atoms with E-state index >= 15 is 0 Å². The molecule has 9 heteroatoms. The van der Waals surface area contributed by atoms with Crippen LogP contribution < -0.4 is 9.62 Å². The van der Waals surface area contributed by atoms with Crippen LogP contribution in [0.15, 0.2) is 46.9 Å². The average Bonchev–Trinajstić information content (AvgIpc) is 2.70. The van der Waals surface area contributed by atoms with Gasteiger partial charge in [0, 0.05) is 18.1 Å². The lowest BCUT2D eigenvalue weighted by molar-refractivity contribution is -0.139. The Morgan fingerprint density at radius 3 is 2.23 bits per heavy atom. The van der Waals surface area contributed by atoms with Crippen LogP contribution in [0.5, 0.6) is 0 Å². The molecule has 2 aromatic carbocycles. The molecule has 0 aliphatic rings. The van der Waals surface area contributed by atoms with Crippen LogP contribution in [-0.4, -0.2) is 51.0 Å². The van der Waals surface area contributed by atoms with Crippen molar-refractivity contribution < 1.29 is 18.0 Å². The van der Waals surface area contributed by atoms with E-state index in [9.17, 15) is 18.0 Å². The van der Waals surface area contributed by atoms with Gasteiger partial charge in [0.25, 0.3) is 0 Å². The number of halogens is 1. The maximum Gasteiger partial charge on any atom is 0.244 e. The van der Waals surface area contributed by atoms with Gasteiger partial charge in [-0.05, 0) is 50.1 Å². The quantitative estimate of drug-likeness (QED) is 0.592. The van der Waals surface area contributed by atoms with E-state index < -0.39 is 28.5 Å². The first-order valence-corrected chi connectivity index (χ1v) is 12.4. The van der Waals surface area contributed by atoms with E-state index in [2.05, 4.69) is 21.2 Å². The first-order valence-electron chi connectivity index (χ1n) is 9.74. The van der Waals surface area contributed by atoms with E-state index in [0.29, 0.717) is 5.69 Å². The second-order valence-corrected chi connectivity index (χ2v) is 10.3. The minimum Gasteiger partial charge on any atom is -0.357 e. The molecule has 1 N–H and O–H groups in total. The van der Waals surface area contributed by atoms with E-state index in [0.717, 1.165) is 31.7 Å². The molecule has 0 unspecified atom stereocenters. The highest BCUT2D eigenvalue weighted by molar-refractivity contribution is 9.10. The molecule has 168 valence electrons. The van der Waals surface area contributed by atoms with E-state index in [1.807, 2.05) is 37.3 Å². The minimum absolute atomic E-state index is 0.172. The molecule has 0 aliphatic heterocycles. The molecule has 0 radical (unpaired) electrons. The number of carbonyl (C=O) groups excluding carboxylic acids is 2. The van der Waals surface area contributed by atoms with Crippen LogP contribution >= 0.6 is 15.9 Å². The zero-order chi connectivity index (χ0) is 23.3. The van der Waals surface area contributed by atoms with Crippen LogP contribution in [0.1, 0.15) is 23.6 Å². The largest absolute Gasteiger partial charge is 0.357 e. The fourth-order valence-electron chi connectivity index (χ4n) is 3.26. The van der Waals surface area contributed by atoms with E-state index in [1.54, 1.807) is 26.0 Å². The molecule has 0 bridgehead atoms. The number of amides is 2. The van der Waals surface area contributed by atoms with Gasteiger partial charge >= 0.3 is 0 Å². The van der Waals surface area contributed by atoms with Crippen LogP contribution in [0, 0.1) is 13.8 Å². The fraction of sp³-hybridized carbons (Fsp3) is 0.364. The van der Waals surface area contributed by atoms with Gasteiger partial charge < -0.3 is 10.2 Å². The number of carbonyl (C=O) groups is 2. The van der Waals surface area contributed by atoms with E-state index in [-0.39, 0.29) is 12.5 Å². The molecule has 1 atom stereocenters. The van der Waals surface area contributed by atoms with Crippen molar-refractivity contribution in [3.63, 3.8) is 0 Å². The van der Waals surface area contributed by atoms with Crippen molar-refractivity contribution in [2.75, 3.05) is 24.2 Å². The Bertz CT molecular complexity index is 1050. The van der Waals surface area contributed by atoms with Gasteiger partial charge in [-0.3, -0.25) is 13.9 Å². The van der Waals surface area contributed by atoms with Gasteiger partial charge in [0.2, 0.25) is 21.8 Å². The number of nitrogens with one attached hydrogen (secondary N) is 1. The minimum atomic E-state index is -3.73. The Balaban J connectivity index is 2.40. The number of nitrogens with zero attached hydrogens (tertiary/aromatic N) is 2. The van der Waals surface area contributed by atoms with Crippen LogP contribution in [0.2, 0.25) is 0 Å². The van der Waals surface area contributed by atoms with E-state index in [1.165, 1.54) is 11.9 Å². The molecule has 0 saturated carbocycles. The Morgan fingerprint density at radius 2 is 1.71 bits per heavy atom. The number of anilines is 1. The molecule has 0 saturated heterocycles. The van der Waals surface area contributed by atoms with Gasteiger partial charge in [0.05, 0.1) is 11.9 Å². The molecule has 2 amide bonds. The number of aryl methyl sites for hydroxylation is 2. The number of benzene rings is 2. The van der Waals surface area contributed by atoms with Crippen molar-refractivity contribution in [1.82, 2.24) is 10.2 Å². The fourth-order valence-corrected chi connectivity index (χ4v) is 4.43. The van der Waals surface area contributed by atoms with E-state index in [4.69, 9.17) is 0 Å². The smallest absolute Gasteiger partial charge is 0.244 e. The second-order valence-electron chi connectivity index (χ2n) is 7.50. The zero-order valence-corrected chi connectivity index (χ0v) is 20.7. The van der Waals surface area contributed by atoms with Crippen molar-refractivity contribution in [3.05, 3.63) is 63.6 Å². The summed E-state index contributed by atoms with van der Waals surface area (Å²) in [5.41, 5.74) is 3.01. The first kappa shape index (κ1) is 24.9. The summed E-state index contributed by atoms with van der Waals surface area (Å²) in [6, 6.07) is 12.0. The Hall–Kier alpha value is -2.39. The molecule has 0 aliphatic carbocycles. The predicted octanol–water partition coefficient (Wildman–Crippen LogP) is 3.00. The summed E-state index contributed by atoms with van der Waals surface area (Å²) in [6.07, 6.45) is 1.07. The summed E-state index contributed by atoms with van der Waals surface area (Å²) < 4.78 is 27.1. The maximum atomic E-state index is 13.3. The molecule has 0 aromatic heterocycles. The molecule has 2 rings (SSSR count). The highest BCUT2D eigenvalue weighted by Gasteiger charge is 2.30. The third-order valence-electron chi connectivity index (χ3n) is 4.98. The third kappa shape index (κ3) is 6.54. The molecule has 0 spiro atoms. The molecule has 2 aromatic rings. The van der Waals surface area contributed by atoms with Gasteiger partial charge in [-0.1, -0.05) is 45.8 Å². The molecular formula is C22H28BrN3O4S.